The second-order valence-corrected chi connectivity index (χ2v) is 5.98. The molecule has 126 valence electrons. The first-order valence-electron chi connectivity index (χ1n) is 8.17. The molecule has 0 aliphatic carbocycles. The van der Waals surface area contributed by atoms with E-state index in [-0.39, 0.29) is 24.3 Å². The summed E-state index contributed by atoms with van der Waals surface area (Å²) in [5.74, 6) is -0.924. The van der Waals surface area contributed by atoms with Crippen molar-refractivity contribution in [2.75, 3.05) is 0 Å². The molecule has 2 aromatic rings. The first-order chi connectivity index (χ1) is 11.6. The van der Waals surface area contributed by atoms with E-state index in [0.717, 1.165) is 11.1 Å². The average Bonchev–Trinajstić information content (AvgIpc) is 2.59. The van der Waals surface area contributed by atoms with Crippen molar-refractivity contribution in [3.05, 3.63) is 71.8 Å². The number of nitrogens with one attached hydrogen (secondary N) is 1. The van der Waals surface area contributed by atoms with Crippen LogP contribution in [0.5, 0.6) is 0 Å². The summed E-state index contributed by atoms with van der Waals surface area (Å²) in [6.07, 6.45) is 0.829. The molecule has 0 saturated heterocycles. The lowest BCUT2D eigenvalue weighted by atomic mass is 9.88. The van der Waals surface area contributed by atoms with E-state index < -0.39 is 5.97 Å². The van der Waals surface area contributed by atoms with Crippen LogP contribution < -0.4 is 5.32 Å². The molecule has 0 heterocycles. The highest BCUT2D eigenvalue weighted by Gasteiger charge is 2.19. The molecule has 4 heteroatoms. The fourth-order valence-electron chi connectivity index (χ4n) is 2.73. The van der Waals surface area contributed by atoms with E-state index in [0.29, 0.717) is 12.8 Å². The molecule has 24 heavy (non-hydrogen) atoms. The van der Waals surface area contributed by atoms with Crippen molar-refractivity contribution in [3.63, 3.8) is 0 Å². The summed E-state index contributed by atoms with van der Waals surface area (Å²) in [7, 11) is 0. The van der Waals surface area contributed by atoms with Gasteiger partial charge in [-0.05, 0) is 24.5 Å². The molecular formula is C20H23NO3. The van der Waals surface area contributed by atoms with E-state index in [1.807, 2.05) is 67.6 Å². The lowest BCUT2D eigenvalue weighted by Crippen LogP contribution is -2.33. The molecular weight excluding hydrogens is 302 g/mol. The van der Waals surface area contributed by atoms with Crippen LogP contribution in [0.2, 0.25) is 0 Å². The number of benzene rings is 2. The fourth-order valence-corrected chi connectivity index (χ4v) is 2.73. The molecule has 4 nitrogen and oxygen atoms in total. The summed E-state index contributed by atoms with van der Waals surface area (Å²) < 4.78 is 0. The van der Waals surface area contributed by atoms with Crippen LogP contribution in [0.1, 0.15) is 43.2 Å². The van der Waals surface area contributed by atoms with Crippen LogP contribution in [0.3, 0.4) is 0 Å². The van der Waals surface area contributed by atoms with Gasteiger partial charge in [0.05, 0.1) is 0 Å². The Morgan fingerprint density at radius 3 is 1.92 bits per heavy atom. The van der Waals surface area contributed by atoms with Gasteiger partial charge < -0.3 is 10.4 Å². The predicted octanol–water partition coefficient (Wildman–Crippen LogP) is 3.58. The second kappa shape index (κ2) is 8.87. The standard InChI is InChI=1S/C20H23NO3/c1-15(12-13-20(23)24)21-19(22)14-18(16-8-4-2-5-9-16)17-10-6-3-7-11-17/h2-11,15,18H,12-14H2,1H3,(H,21,22)(H,23,24). The highest BCUT2D eigenvalue weighted by atomic mass is 16.4. The minimum atomic E-state index is -0.845. The Morgan fingerprint density at radius 2 is 1.46 bits per heavy atom. The zero-order valence-electron chi connectivity index (χ0n) is 13.8. The summed E-state index contributed by atoms with van der Waals surface area (Å²) in [5, 5.41) is 11.6. The van der Waals surface area contributed by atoms with Crippen molar-refractivity contribution in [2.45, 2.75) is 38.1 Å². The SMILES string of the molecule is CC(CCC(=O)O)NC(=O)CC(c1ccccc1)c1ccccc1. The molecule has 0 radical (unpaired) electrons. The zero-order chi connectivity index (χ0) is 17.4. The van der Waals surface area contributed by atoms with Gasteiger partial charge in [0.25, 0.3) is 0 Å². The first-order valence-corrected chi connectivity index (χ1v) is 8.17. The van der Waals surface area contributed by atoms with Crippen LogP contribution in [-0.2, 0) is 9.59 Å². The van der Waals surface area contributed by atoms with E-state index in [9.17, 15) is 9.59 Å². The molecule has 2 aromatic carbocycles. The lowest BCUT2D eigenvalue weighted by Gasteiger charge is -2.19. The number of carbonyl (C=O) groups is 2. The van der Waals surface area contributed by atoms with Crippen molar-refractivity contribution < 1.29 is 14.7 Å². The zero-order valence-corrected chi connectivity index (χ0v) is 13.8. The number of aliphatic carboxylic acids is 1. The summed E-state index contributed by atoms with van der Waals surface area (Å²) >= 11 is 0. The molecule has 1 amide bonds. The molecule has 0 aliphatic heterocycles. The molecule has 0 spiro atoms. The quantitative estimate of drug-likeness (QED) is 0.779. The van der Waals surface area contributed by atoms with Gasteiger partial charge in [0.2, 0.25) is 5.91 Å². The van der Waals surface area contributed by atoms with Crippen LogP contribution >= 0.6 is 0 Å². The molecule has 0 aromatic heterocycles. The van der Waals surface area contributed by atoms with Crippen molar-refractivity contribution in [1.29, 1.82) is 0 Å². The maximum absolute atomic E-state index is 12.4. The molecule has 0 saturated carbocycles. The van der Waals surface area contributed by atoms with Crippen molar-refractivity contribution in [2.24, 2.45) is 0 Å². The Hall–Kier alpha value is -2.62. The van der Waals surface area contributed by atoms with Gasteiger partial charge in [0, 0.05) is 24.8 Å². The van der Waals surface area contributed by atoms with E-state index >= 15 is 0 Å². The van der Waals surface area contributed by atoms with Crippen LogP contribution in [0.4, 0.5) is 0 Å². The van der Waals surface area contributed by atoms with Crippen molar-refractivity contribution in [1.82, 2.24) is 5.32 Å². The Morgan fingerprint density at radius 1 is 0.958 bits per heavy atom. The monoisotopic (exact) mass is 325 g/mol. The van der Waals surface area contributed by atoms with Crippen molar-refractivity contribution >= 4 is 11.9 Å². The first kappa shape index (κ1) is 17.7. The van der Waals surface area contributed by atoms with Gasteiger partial charge in [0.1, 0.15) is 0 Å². The number of hydrogen-bond acceptors (Lipinski definition) is 2. The van der Waals surface area contributed by atoms with E-state index in [2.05, 4.69) is 5.32 Å². The van der Waals surface area contributed by atoms with Gasteiger partial charge in [-0.1, -0.05) is 60.7 Å². The molecule has 0 fully saturated rings. The van der Waals surface area contributed by atoms with Gasteiger partial charge in [0.15, 0.2) is 0 Å². The highest BCUT2D eigenvalue weighted by Crippen LogP contribution is 2.27. The Kier molecular flexibility index (Phi) is 6.55. The average molecular weight is 325 g/mol. The largest absolute Gasteiger partial charge is 0.481 e. The maximum Gasteiger partial charge on any atom is 0.303 e. The third-order valence-corrected chi connectivity index (χ3v) is 3.99. The lowest BCUT2D eigenvalue weighted by molar-refractivity contribution is -0.137. The van der Waals surface area contributed by atoms with Crippen LogP contribution in [0.15, 0.2) is 60.7 Å². The molecule has 1 unspecified atom stereocenters. The fraction of sp³-hybridized carbons (Fsp3) is 0.300. The maximum atomic E-state index is 12.4. The third kappa shape index (κ3) is 5.54. The number of hydrogen-bond donors (Lipinski definition) is 2. The van der Waals surface area contributed by atoms with Crippen LogP contribution in [0, 0.1) is 0 Å². The van der Waals surface area contributed by atoms with Gasteiger partial charge in [-0.15, -0.1) is 0 Å². The Bertz CT molecular complexity index is 616. The normalized spacial score (nSPS) is 11.9. The predicted molar refractivity (Wildman–Crippen MR) is 93.8 cm³/mol. The molecule has 0 bridgehead atoms. The van der Waals surface area contributed by atoms with Crippen molar-refractivity contribution in [3.8, 4) is 0 Å². The molecule has 2 rings (SSSR count). The van der Waals surface area contributed by atoms with Gasteiger partial charge in [-0.2, -0.15) is 0 Å². The third-order valence-electron chi connectivity index (χ3n) is 3.99. The summed E-state index contributed by atoms with van der Waals surface area (Å²) in [5.41, 5.74) is 2.19. The highest BCUT2D eigenvalue weighted by molar-refractivity contribution is 5.78. The molecule has 1 atom stereocenters. The topological polar surface area (TPSA) is 66.4 Å². The summed E-state index contributed by atoms with van der Waals surface area (Å²) in [6.45, 7) is 1.83. The minimum absolute atomic E-state index is 0.0147. The minimum Gasteiger partial charge on any atom is -0.481 e. The van der Waals surface area contributed by atoms with Gasteiger partial charge >= 0.3 is 5.97 Å². The van der Waals surface area contributed by atoms with E-state index in [1.54, 1.807) is 0 Å². The summed E-state index contributed by atoms with van der Waals surface area (Å²) in [6, 6.07) is 19.8. The number of carboxylic acid groups (broad SMARTS) is 1. The van der Waals surface area contributed by atoms with Crippen LogP contribution in [-0.4, -0.2) is 23.0 Å². The van der Waals surface area contributed by atoms with E-state index in [1.165, 1.54) is 0 Å². The number of rotatable bonds is 8. The van der Waals surface area contributed by atoms with Crippen LogP contribution in [0.25, 0.3) is 0 Å². The van der Waals surface area contributed by atoms with Gasteiger partial charge in [-0.3, -0.25) is 9.59 Å². The molecule has 2 N–H and O–H groups in total. The second-order valence-electron chi connectivity index (χ2n) is 5.98. The molecule has 0 aliphatic rings. The smallest absolute Gasteiger partial charge is 0.303 e. The number of carbonyl (C=O) groups excluding carboxylic acids is 1. The Labute approximate surface area is 142 Å². The van der Waals surface area contributed by atoms with E-state index in [4.69, 9.17) is 5.11 Å². The Balaban J connectivity index is 2.06. The van der Waals surface area contributed by atoms with Gasteiger partial charge in [-0.25, -0.2) is 0 Å². The summed E-state index contributed by atoms with van der Waals surface area (Å²) in [4.78, 5) is 23.0. The number of carboxylic acids is 1. The number of amides is 1.